The zero-order valence-electron chi connectivity index (χ0n) is 15.1. The van der Waals surface area contributed by atoms with E-state index in [1.807, 2.05) is 18.2 Å². The number of rotatable bonds is 5. The molecule has 1 atom stereocenters. The highest BCUT2D eigenvalue weighted by atomic mass is 35.5. The van der Waals surface area contributed by atoms with Gasteiger partial charge in [-0.15, -0.1) is 0 Å². The van der Waals surface area contributed by atoms with Crippen LogP contribution in [0.2, 0.25) is 5.02 Å². The minimum Gasteiger partial charge on any atom is -0.495 e. The van der Waals surface area contributed by atoms with Crippen molar-refractivity contribution in [1.29, 1.82) is 0 Å². The predicted molar refractivity (Wildman–Crippen MR) is 107 cm³/mol. The number of nitrogens with zero attached hydrogens (tertiary/aromatic N) is 1. The Labute approximate surface area is 163 Å². The molecule has 2 N–H and O–H groups in total. The van der Waals surface area contributed by atoms with Crippen LogP contribution in [0.1, 0.15) is 23.2 Å². The Morgan fingerprint density at radius 3 is 2.78 bits per heavy atom. The van der Waals surface area contributed by atoms with Crippen molar-refractivity contribution in [3.63, 3.8) is 0 Å². The van der Waals surface area contributed by atoms with E-state index in [0.717, 1.165) is 19.4 Å². The summed E-state index contributed by atoms with van der Waals surface area (Å²) in [5.74, 6) is 0.683. The Morgan fingerprint density at radius 1 is 1.30 bits per heavy atom. The summed E-state index contributed by atoms with van der Waals surface area (Å²) in [6.07, 6.45) is 2.08. The van der Waals surface area contributed by atoms with Crippen LogP contribution in [0.15, 0.2) is 53.5 Å². The number of anilines is 1. The van der Waals surface area contributed by atoms with E-state index in [9.17, 15) is 4.79 Å². The van der Waals surface area contributed by atoms with E-state index in [4.69, 9.17) is 21.1 Å². The molecule has 1 fully saturated rings. The lowest BCUT2D eigenvalue weighted by atomic mass is 10.2. The van der Waals surface area contributed by atoms with E-state index in [1.165, 1.54) is 0 Å². The third-order valence-corrected chi connectivity index (χ3v) is 4.45. The molecule has 0 spiro atoms. The molecule has 2 aromatic rings. The van der Waals surface area contributed by atoms with Crippen molar-refractivity contribution in [2.75, 3.05) is 25.6 Å². The maximum Gasteiger partial charge on any atom is 0.257 e. The summed E-state index contributed by atoms with van der Waals surface area (Å²) in [7, 11) is 1.56. The van der Waals surface area contributed by atoms with Gasteiger partial charge in [-0.3, -0.25) is 10.1 Å². The van der Waals surface area contributed by atoms with E-state index in [1.54, 1.807) is 37.4 Å². The van der Waals surface area contributed by atoms with Crippen LogP contribution in [0.4, 0.5) is 5.69 Å². The Bertz CT molecular complexity index is 805. The molecule has 0 radical (unpaired) electrons. The average Bonchev–Trinajstić information content (AvgIpc) is 3.20. The second-order valence-corrected chi connectivity index (χ2v) is 6.53. The van der Waals surface area contributed by atoms with Crippen molar-refractivity contribution in [2.45, 2.75) is 18.9 Å². The number of carbonyl (C=O) groups excluding carboxylic acids is 1. The third-order valence-electron chi connectivity index (χ3n) is 4.16. The van der Waals surface area contributed by atoms with Gasteiger partial charge in [0.15, 0.2) is 0 Å². The van der Waals surface area contributed by atoms with E-state index in [0.29, 0.717) is 34.5 Å². The normalized spacial score (nSPS) is 16.8. The van der Waals surface area contributed by atoms with Crippen molar-refractivity contribution in [1.82, 2.24) is 5.32 Å². The van der Waals surface area contributed by atoms with Crippen LogP contribution < -0.4 is 15.4 Å². The highest BCUT2D eigenvalue weighted by Crippen LogP contribution is 2.27. The first kappa shape index (κ1) is 19.2. The summed E-state index contributed by atoms with van der Waals surface area (Å²) in [6, 6.07) is 14.3. The molecule has 1 heterocycles. The molecule has 142 valence electrons. The number of amides is 1. The van der Waals surface area contributed by atoms with Crippen molar-refractivity contribution in [3.05, 3.63) is 59.1 Å². The van der Waals surface area contributed by atoms with Gasteiger partial charge in [-0.25, -0.2) is 4.99 Å². The number of benzene rings is 2. The lowest BCUT2D eigenvalue weighted by Crippen LogP contribution is -2.36. The molecule has 7 heteroatoms. The van der Waals surface area contributed by atoms with Gasteiger partial charge in [0.25, 0.3) is 5.91 Å². The molecule has 0 aliphatic carbocycles. The van der Waals surface area contributed by atoms with Gasteiger partial charge < -0.3 is 14.8 Å². The van der Waals surface area contributed by atoms with Gasteiger partial charge >= 0.3 is 0 Å². The van der Waals surface area contributed by atoms with E-state index < -0.39 is 0 Å². The molecule has 1 saturated heterocycles. The lowest BCUT2D eigenvalue weighted by molar-refractivity contribution is 0.0975. The van der Waals surface area contributed by atoms with Gasteiger partial charge in [0, 0.05) is 17.9 Å². The average molecular weight is 388 g/mol. The molecular formula is C20H22ClN3O3. The lowest BCUT2D eigenvalue weighted by Gasteiger charge is -2.14. The largest absolute Gasteiger partial charge is 0.495 e. The molecule has 1 aliphatic rings. The molecule has 1 amide bonds. The second-order valence-electron chi connectivity index (χ2n) is 6.12. The zero-order valence-corrected chi connectivity index (χ0v) is 15.8. The molecule has 6 nitrogen and oxygen atoms in total. The van der Waals surface area contributed by atoms with Crippen molar-refractivity contribution in [2.24, 2.45) is 4.99 Å². The van der Waals surface area contributed by atoms with Gasteiger partial charge in [0.1, 0.15) is 5.75 Å². The number of halogens is 1. The fraction of sp³-hybridized carbons (Fsp3) is 0.300. The Kier molecular flexibility index (Phi) is 6.68. The maximum atomic E-state index is 12.5. The summed E-state index contributed by atoms with van der Waals surface area (Å²) in [5.41, 5.74) is 1.25. The Morgan fingerprint density at radius 2 is 2.11 bits per heavy atom. The number of ether oxygens (including phenoxy) is 2. The van der Waals surface area contributed by atoms with Crippen molar-refractivity contribution in [3.8, 4) is 5.75 Å². The van der Waals surface area contributed by atoms with Crippen LogP contribution >= 0.6 is 11.6 Å². The molecule has 27 heavy (non-hydrogen) atoms. The molecule has 3 rings (SSSR count). The summed E-state index contributed by atoms with van der Waals surface area (Å²) < 4.78 is 10.8. The topological polar surface area (TPSA) is 71.9 Å². The highest BCUT2D eigenvalue weighted by Gasteiger charge is 2.16. The molecule has 0 bridgehead atoms. The minimum absolute atomic E-state index is 0.0786. The SMILES string of the molecule is COc1ccc(NC(=NC[C@@H]2CCCO2)NC(=O)c2ccccc2)cc1Cl. The van der Waals surface area contributed by atoms with Gasteiger partial charge in [0.05, 0.1) is 24.8 Å². The first-order valence-electron chi connectivity index (χ1n) is 8.78. The van der Waals surface area contributed by atoms with Gasteiger partial charge in [-0.2, -0.15) is 0 Å². The minimum atomic E-state index is -0.242. The summed E-state index contributed by atoms with van der Waals surface area (Å²) in [4.78, 5) is 17.0. The molecule has 2 aromatic carbocycles. The number of guanidine groups is 1. The van der Waals surface area contributed by atoms with Gasteiger partial charge in [-0.05, 0) is 43.2 Å². The number of nitrogens with one attached hydrogen (secondary N) is 2. The smallest absolute Gasteiger partial charge is 0.257 e. The first-order chi connectivity index (χ1) is 13.2. The monoisotopic (exact) mass is 387 g/mol. The number of hydrogen-bond acceptors (Lipinski definition) is 4. The van der Waals surface area contributed by atoms with Crippen LogP contribution in [-0.4, -0.2) is 38.2 Å². The summed E-state index contributed by atoms with van der Waals surface area (Å²) in [6.45, 7) is 1.23. The summed E-state index contributed by atoms with van der Waals surface area (Å²) in [5, 5.41) is 6.41. The number of hydrogen-bond donors (Lipinski definition) is 2. The number of aliphatic imine (C=N–C) groups is 1. The molecule has 0 unspecified atom stereocenters. The van der Waals surface area contributed by atoms with Gasteiger partial charge in [-0.1, -0.05) is 29.8 Å². The Hall–Kier alpha value is -2.57. The van der Waals surface area contributed by atoms with Crippen LogP contribution in [0, 0.1) is 0 Å². The van der Waals surface area contributed by atoms with Crippen LogP contribution in [0.5, 0.6) is 5.75 Å². The standard InChI is InChI=1S/C20H22ClN3O3/c1-26-18-10-9-15(12-17(18)21)23-20(22-13-16-8-5-11-27-16)24-19(25)14-6-3-2-4-7-14/h2-4,6-7,9-10,12,16H,5,8,11,13H2,1H3,(H2,22,23,24,25)/t16-/m0/s1. The molecule has 0 saturated carbocycles. The predicted octanol–water partition coefficient (Wildman–Crippen LogP) is 3.73. The van der Waals surface area contributed by atoms with Crippen LogP contribution in [-0.2, 0) is 4.74 Å². The molecule has 1 aliphatic heterocycles. The van der Waals surface area contributed by atoms with Gasteiger partial charge in [0.2, 0.25) is 5.96 Å². The van der Waals surface area contributed by atoms with Crippen molar-refractivity contribution < 1.29 is 14.3 Å². The number of carbonyl (C=O) groups is 1. The third kappa shape index (κ3) is 5.45. The zero-order chi connectivity index (χ0) is 19.1. The molecule has 0 aromatic heterocycles. The Balaban J connectivity index is 1.75. The van der Waals surface area contributed by atoms with Crippen molar-refractivity contribution >= 4 is 29.2 Å². The van der Waals surface area contributed by atoms with E-state index in [-0.39, 0.29) is 12.0 Å². The van der Waals surface area contributed by atoms with Crippen LogP contribution in [0.25, 0.3) is 0 Å². The highest BCUT2D eigenvalue weighted by molar-refractivity contribution is 6.32. The fourth-order valence-electron chi connectivity index (χ4n) is 2.74. The molecular weight excluding hydrogens is 366 g/mol. The number of methoxy groups -OCH3 is 1. The summed E-state index contributed by atoms with van der Waals surface area (Å²) >= 11 is 6.18. The fourth-order valence-corrected chi connectivity index (χ4v) is 3.00. The quantitative estimate of drug-likeness (QED) is 0.605. The van der Waals surface area contributed by atoms with E-state index in [2.05, 4.69) is 15.6 Å². The van der Waals surface area contributed by atoms with Crippen LogP contribution in [0.3, 0.4) is 0 Å². The second kappa shape index (κ2) is 9.39. The maximum absolute atomic E-state index is 12.5. The van der Waals surface area contributed by atoms with E-state index >= 15 is 0 Å². The first-order valence-corrected chi connectivity index (χ1v) is 9.16.